The highest BCUT2D eigenvalue weighted by Crippen LogP contribution is 2.22. The van der Waals surface area contributed by atoms with Crippen molar-refractivity contribution in [3.63, 3.8) is 0 Å². The van der Waals surface area contributed by atoms with Gasteiger partial charge in [0.05, 0.1) is 13.5 Å². The van der Waals surface area contributed by atoms with Crippen LogP contribution < -0.4 is 4.74 Å². The first-order valence-corrected chi connectivity index (χ1v) is 8.70. The summed E-state index contributed by atoms with van der Waals surface area (Å²) >= 11 is 0. The summed E-state index contributed by atoms with van der Waals surface area (Å²) in [5.41, 5.74) is 3.54. The van der Waals surface area contributed by atoms with Crippen molar-refractivity contribution in [2.24, 2.45) is 0 Å². The molecule has 1 aliphatic rings. The summed E-state index contributed by atoms with van der Waals surface area (Å²) in [6.07, 6.45) is 4.26. The van der Waals surface area contributed by atoms with Gasteiger partial charge in [0, 0.05) is 5.56 Å². The molecule has 0 radical (unpaired) electrons. The number of ether oxygens (including phenoxy) is 2. The van der Waals surface area contributed by atoms with Gasteiger partial charge in [-0.3, -0.25) is 9.59 Å². The molecule has 0 spiro atoms. The van der Waals surface area contributed by atoms with Gasteiger partial charge in [0.2, 0.25) is 0 Å². The van der Waals surface area contributed by atoms with E-state index < -0.39 is 11.8 Å². The number of aryl methyl sites for hydroxylation is 2. The van der Waals surface area contributed by atoms with Crippen molar-refractivity contribution in [1.82, 2.24) is 0 Å². The zero-order valence-corrected chi connectivity index (χ0v) is 14.7. The third-order valence-electron chi connectivity index (χ3n) is 4.60. The quantitative estimate of drug-likeness (QED) is 0.585. The first-order valence-electron chi connectivity index (χ1n) is 8.70. The van der Waals surface area contributed by atoms with Gasteiger partial charge in [-0.25, -0.2) is 4.39 Å². The zero-order chi connectivity index (χ0) is 18.5. The van der Waals surface area contributed by atoms with Crippen LogP contribution in [0.25, 0.3) is 0 Å². The molecular formula is C21H21FO4. The van der Waals surface area contributed by atoms with Crippen molar-refractivity contribution in [3.05, 3.63) is 64.5 Å². The minimum atomic E-state index is -0.569. The Hall–Kier alpha value is -2.69. The number of Topliss-reactive ketones (excluding diaryl/α,β-unsaturated/α-hetero) is 1. The van der Waals surface area contributed by atoms with Crippen molar-refractivity contribution in [2.75, 3.05) is 13.7 Å². The lowest BCUT2D eigenvalue weighted by Crippen LogP contribution is -2.16. The van der Waals surface area contributed by atoms with Crippen LogP contribution in [0.1, 0.15) is 39.9 Å². The highest BCUT2D eigenvalue weighted by Gasteiger charge is 2.15. The Morgan fingerprint density at radius 1 is 1.04 bits per heavy atom. The first-order chi connectivity index (χ1) is 12.6. The van der Waals surface area contributed by atoms with E-state index in [1.54, 1.807) is 12.1 Å². The average molecular weight is 356 g/mol. The van der Waals surface area contributed by atoms with Crippen molar-refractivity contribution in [1.29, 1.82) is 0 Å². The maximum Gasteiger partial charge on any atom is 0.310 e. The summed E-state index contributed by atoms with van der Waals surface area (Å²) in [6.45, 7) is -0.309. The number of ketones is 1. The number of hydrogen-bond donors (Lipinski definition) is 0. The molecule has 0 aliphatic heterocycles. The molecule has 26 heavy (non-hydrogen) atoms. The van der Waals surface area contributed by atoms with Crippen LogP contribution in [0.3, 0.4) is 0 Å². The van der Waals surface area contributed by atoms with E-state index in [2.05, 4.69) is 0 Å². The molecule has 0 atom stereocenters. The molecule has 0 N–H and O–H groups in total. The lowest BCUT2D eigenvalue weighted by molar-refractivity contribution is -0.141. The van der Waals surface area contributed by atoms with Gasteiger partial charge >= 0.3 is 5.97 Å². The predicted molar refractivity (Wildman–Crippen MR) is 95.0 cm³/mol. The van der Waals surface area contributed by atoms with Crippen LogP contribution in [0.15, 0.2) is 36.4 Å². The van der Waals surface area contributed by atoms with Crippen LogP contribution in [-0.4, -0.2) is 25.5 Å². The largest absolute Gasteiger partial charge is 0.494 e. The number of carbonyl (C=O) groups excluding carboxylic acids is 2. The Labute approximate surface area is 151 Å². The smallest absolute Gasteiger partial charge is 0.310 e. The normalized spacial score (nSPS) is 13.0. The van der Waals surface area contributed by atoms with Gasteiger partial charge in [-0.15, -0.1) is 0 Å². The number of methoxy groups -OCH3 is 1. The van der Waals surface area contributed by atoms with Gasteiger partial charge in [0.15, 0.2) is 24.0 Å². The van der Waals surface area contributed by atoms with E-state index >= 15 is 0 Å². The molecule has 0 saturated heterocycles. The fourth-order valence-electron chi connectivity index (χ4n) is 3.17. The number of esters is 1. The Bertz CT molecular complexity index is 829. The lowest BCUT2D eigenvalue weighted by atomic mass is 9.90. The van der Waals surface area contributed by atoms with Crippen molar-refractivity contribution in [3.8, 4) is 5.75 Å². The molecule has 0 aromatic heterocycles. The van der Waals surface area contributed by atoms with Crippen LogP contribution in [-0.2, 0) is 28.8 Å². The fourth-order valence-corrected chi connectivity index (χ4v) is 3.17. The molecule has 136 valence electrons. The van der Waals surface area contributed by atoms with E-state index in [0.29, 0.717) is 11.1 Å². The van der Waals surface area contributed by atoms with Gasteiger partial charge in [-0.2, -0.15) is 0 Å². The SMILES string of the molecule is COc1ccc(CC(=O)OCC(=O)c2ccc3c(c2)CCCC3)cc1F. The summed E-state index contributed by atoms with van der Waals surface area (Å²) < 4.78 is 23.5. The molecule has 5 heteroatoms. The minimum Gasteiger partial charge on any atom is -0.494 e. The molecule has 2 aromatic rings. The Kier molecular flexibility index (Phi) is 5.66. The van der Waals surface area contributed by atoms with Gasteiger partial charge < -0.3 is 9.47 Å². The molecule has 2 aromatic carbocycles. The van der Waals surface area contributed by atoms with E-state index in [0.717, 1.165) is 19.3 Å². The molecule has 1 aliphatic carbocycles. The topological polar surface area (TPSA) is 52.6 Å². The van der Waals surface area contributed by atoms with Crippen molar-refractivity contribution < 1.29 is 23.5 Å². The van der Waals surface area contributed by atoms with Gasteiger partial charge in [-0.05, 0) is 60.6 Å². The number of halogens is 1. The summed E-state index contributed by atoms with van der Waals surface area (Å²) in [5, 5.41) is 0. The summed E-state index contributed by atoms with van der Waals surface area (Å²) in [6, 6.07) is 9.96. The van der Waals surface area contributed by atoms with Gasteiger partial charge in [0.25, 0.3) is 0 Å². The monoisotopic (exact) mass is 356 g/mol. The van der Waals surface area contributed by atoms with Crippen molar-refractivity contribution >= 4 is 11.8 Å². The van der Waals surface area contributed by atoms with Crippen LogP contribution in [0.2, 0.25) is 0 Å². The molecule has 0 fully saturated rings. The second-order valence-corrected chi connectivity index (χ2v) is 6.42. The molecule has 0 unspecified atom stereocenters. The lowest BCUT2D eigenvalue weighted by Gasteiger charge is -2.16. The maximum atomic E-state index is 13.6. The molecule has 0 amide bonds. The van der Waals surface area contributed by atoms with Crippen molar-refractivity contribution in [2.45, 2.75) is 32.1 Å². The van der Waals surface area contributed by atoms with E-state index in [4.69, 9.17) is 9.47 Å². The number of hydrogen-bond acceptors (Lipinski definition) is 4. The average Bonchev–Trinajstić information content (AvgIpc) is 2.66. The highest BCUT2D eigenvalue weighted by atomic mass is 19.1. The molecule has 4 nitrogen and oxygen atoms in total. The van der Waals surface area contributed by atoms with Gasteiger partial charge in [0.1, 0.15) is 0 Å². The standard InChI is InChI=1S/C21H21FO4/c1-25-20-9-6-14(10-18(20)22)11-21(24)26-13-19(23)17-8-7-15-4-2-3-5-16(15)12-17/h6-10,12H,2-5,11,13H2,1H3. The fraction of sp³-hybridized carbons (Fsp3) is 0.333. The number of rotatable bonds is 6. The number of benzene rings is 2. The Morgan fingerprint density at radius 3 is 2.54 bits per heavy atom. The molecule has 0 bridgehead atoms. The second-order valence-electron chi connectivity index (χ2n) is 6.42. The van der Waals surface area contributed by atoms with Crippen LogP contribution in [0.5, 0.6) is 5.75 Å². The number of fused-ring (bicyclic) bond motifs is 1. The van der Waals surface area contributed by atoms with E-state index in [1.807, 2.05) is 12.1 Å². The first kappa shape index (κ1) is 18.1. The van der Waals surface area contributed by atoms with Gasteiger partial charge in [-0.1, -0.05) is 18.2 Å². The molecule has 0 heterocycles. The van der Waals surface area contributed by atoms with E-state index in [-0.39, 0.29) is 24.6 Å². The van der Waals surface area contributed by atoms with Crippen LogP contribution in [0, 0.1) is 5.82 Å². The Morgan fingerprint density at radius 2 is 1.81 bits per heavy atom. The third-order valence-corrected chi connectivity index (χ3v) is 4.60. The summed E-state index contributed by atoms with van der Waals surface area (Å²) in [7, 11) is 1.37. The molecule has 0 saturated carbocycles. The summed E-state index contributed by atoms with van der Waals surface area (Å²) in [4.78, 5) is 24.2. The molecular weight excluding hydrogens is 335 g/mol. The van der Waals surface area contributed by atoms with E-state index in [9.17, 15) is 14.0 Å². The van der Waals surface area contributed by atoms with Crippen LogP contribution in [0.4, 0.5) is 4.39 Å². The molecule has 3 rings (SSSR count). The number of carbonyl (C=O) groups is 2. The van der Waals surface area contributed by atoms with E-state index in [1.165, 1.54) is 36.8 Å². The minimum absolute atomic E-state index is 0.0988. The zero-order valence-electron chi connectivity index (χ0n) is 14.7. The Balaban J connectivity index is 1.55. The summed E-state index contributed by atoms with van der Waals surface area (Å²) in [5.74, 6) is -1.22. The maximum absolute atomic E-state index is 13.6. The van der Waals surface area contributed by atoms with Crippen LogP contribution >= 0.6 is 0 Å². The second kappa shape index (κ2) is 8.13. The predicted octanol–water partition coefficient (Wildman–Crippen LogP) is 3.68. The highest BCUT2D eigenvalue weighted by molar-refractivity contribution is 5.98. The third kappa shape index (κ3) is 4.28.